The van der Waals surface area contributed by atoms with Gasteiger partial charge in [-0.15, -0.1) is 0 Å². The van der Waals surface area contributed by atoms with E-state index in [9.17, 15) is 10.1 Å². The molecule has 0 aromatic heterocycles. The van der Waals surface area contributed by atoms with Gasteiger partial charge >= 0.3 is 0 Å². The maximum atomic E-state index is 13.3. The summed E-state index contributed by atoms with van der Waals surface area (Å²) < 4.78 is 0. The van der Waals surface area contributed by atoms with Crippen LogP contribution in [0.2, 0.25) is 0 Å². The molecule has 3 nitrogen and oxygen atoms in total. The molecule has 3 aromatic carbocycles. The van der Waals surface area contributed by atoms with Crippen LogP contribution in [0.3, 0.4) is 0 Å². The molecule has 164 valence electrons. The molecule has 1 unspecified atom stereocenters. The third-order valence-corrected chi connectivity index (χ3v) is 5.68. The van der Waals surface area contributed by atoms with Crippen molar-refractivity contribution in [1.82, 2.24) is 0 Å². The minimum Gasteiger partial charge on any atom is -0.296 e. The van der Waals surface area contributed by atoms with E-state index in [0.717, 1.165) is 36.1 Å². The maximum Gasteiger partial charge on any atom is 0.228 e. The van der Waals surface area contributed by atoms with E-state index in [2.05, 4.69) is 44.2 Å². The molecule has 0 saturated carbocycles. The van der Waals surface area contributed by atoms with Crippen LogP contribution in [0.25, 0.3) is 11.1 Å². The smallest absolute Gasteiger partial charge is 0.228 e. The van der Waals surface area contributed by atoms with E-state index in [-0.39, 0.29) is 5.91 Å². The molecule has 0 heterocycles. The van der Waals surface area contributed by atoms with Crippen LogP contribution >= 0.6 is 0 Å². The van der Waals surface area contributed by atoms with Gasteiger partial charge in [-0.3, -0.25) is 9.69 Å². The summed E-state index contributed by atoms with van der Waals surface area (Å²) in [5, 5.41) is 10.0. The summed E-state index contributed by atoms with van der Waals surface area (Å²) in [6.07, 6.45) is 3.67. The summed E-state index contributed by atoms with van der Waals surface area (Å²) in [5.41, 5.74) is 4.20. The van der Waals surface area contributed by atoms with Crippen LogP contribution in [0.4, 0.5) is 5.69 Å². The molecule has 0 radical (unpaired) electrons. The summed E-state index contributed by atoms with van der Waals surface area (Å²) in [5.74, 6) is 0.463. The highest BCUT2D eigenvalue weighted by molar-refractivity contribution is 5.95. The minimum atomic E-state index is -0.482. The van der Waals surface area contributed by atoms with Crippen molar-refractivity contribution in [2.45, 2.75) is 52.0 Å². The standard InChI is InChI=1S/C29H32N2O/c1-23(2)19-20-29(32)31(28(22-30)18-9-13-24-11-5-3-6-12-24)27-17-10-16-26(21-27)25-14-7-4-8-15-25/h3-8,10-12,14-17,21,23,28H,9,13,18-20H2,1-2H3. The average molecular weight is 425 g/mol. The molecule has 1 amide bonds. The Labute approximate surface area is 192 Å². The Bertz CT molecular complexity index is 1020. The van der Waals surface area contributed by atoms with Crippen LogP contribution in [0.15, 0.2) is 84.9 Å². The Morgan fingerprint density at radius 3 is 2.19 bits per heavy atom. The Balaban J connectivity index is 1.84. The molecule has 0 aliphatic rings. The first kappa shape index (κ1) is 23.3. The number of nitriles is 1. The number of amides is 1. The van der Waals surface area contributed by atoms with Crippen LogP contribution in [0.5, 0.6) is 0 Å². The minimum absolute atomic E-state index is 0.0233. The normalized spacial score (nSPS) is 11.7. The molecule has 0 aliphatic heterocycles. The van der Waals surface area contributed by atoms with Crippen molar-refractivity contribution in [3.8, 4) is 17.2 Å². The number of rotatable bonds is 10. The van der Waals surface area contributed by atoms with Crippen molar-refractivity contribution in [2.24, 2.45) is 5.92 Å². The number of aryl methyl sites for hydroxylation is 1. The van der Waals surface area contributed by atoms with Gasteiger partial charge in [0.25, 0.3) is 0 Å². The van der Waals surface area contributed by atoms with Gasteiger partial charge < -0.3 is 0 Å². The van der Waals surface area contributed by atoms with Crippen LogP contribution in [-0.4, -0.2) is 11.9 Å². The zero-order valence-electron chi connectivity index (χ0n) is 19.1. The predicted molar refractivity (Wildman–Crippen MR) is 132 cm³/mol. The lowest BCUT2D eigenvalue weighted by atomic mass is 10.0. The molecule has 0 saturated heterocycles. The van der Waals surface area contributed by atoms with Crippen molar-refractivity contribution in [2.75, 3.05) is 4.90 Å². The first-order valence-corrected chi connectivity index (χ1v) is 11.5. The van der Waals surface area contributed by atoms with Gasteiger partial charge in [0.15, 0.2) is 0 Å². The first-order valence-electron chi connectivity index (χ1n) is 11.5. The summed E-state index contributed by atoms with van der Waals surface area (Å²) in [7, 11) is 0. The van der Waals surface area contributed by atoms with E-state index in [1.54, 1.807) is 4.90 Å². The highest BCUT2D eigenvalue weighted by Crippen LogP contribution is 2.28. The van der Waals surface area contributed by atoms with E-state index >= 15 is 0 Å². The number of benzene rings is 3. The number of hydrogen-bond acceptors (Lipinski definition) is 2. The van der Waals surface area contributed by atoms with Gasteiger partial charge in [0.05, 0.1) is 6.07 Å². The van der Waals surface area contributed by atoms with E-state index in [0.29, 0.717) is 18.8 Å². The van der Waals surface area contributed by atoms with Crippen LogP contribution in [0.1, 0.15) is 45.1 Å². The van der Waals surface area contributed by atoms with Crippen LogP contribution in [0, 0.1) is 17.2 Å². The summed E-state index contributed by atoms with van der Waals surface area (Å²) in [4.78, 5) is 15.0. The lowest BCUT2D eigenvalue weighted by molar-refractivity contribution is -0.119. The monoisotopic (exact) mass is 424 g/mol. The van der Waals surface area contributed by atoms with Gasteiger partial charge in [-0.1, -0.05) is 86.6 Å². The largest absolute Gasteiger partial charge is 0.296 e. The van der Waals surface area contributed by atoms with Gasteiger partial charge in [-0.25, -0.2) is 0 Å². The van der Waals surface area contributed by atoms with Crippen LogP contribution in [-0.2, 0) is 11.2 Å². The first-order chi connectivity index (χ1) is 15.6. The zero-order valence-corrected chi connectivity index (χ0v) is 19.1. The molecule has 3 aromatic rings. The van der Waals surface area contributed by atoms with Gasteiger partial charge in [-0.2, -0.15) is 5.26 Å². The number of carbonyl (C=O) groups excluding carboxylic acids is 1. The Morgan fingerprint density at radius 2 is 1.53 bits per heavy atom. The van der Waals surface area contributed by atoms with E-state index in [1.807, 2.05) is 60.7 Å². The molecule has 32 heavy (non-hydrogen) atoms. The van der Waals surface area contributed by atoms with Crippen molar-refractivity contribution < 1.29 is 4.79 Å². The summed E-state index contributed by atoms with van der Waals surface area (Å²) in [6, 6.07) is 30.4. The van der Waals surface area contributed by atoms with Gasteiger partial charge in [0, 0.05) is 12.1 Å². The number of nitrogens with zero attached hydrogens (tertiary/aromatic N) is 2. The van der Waals surface area contributed by atoms with Gasteiger partial charge in [0.1, 0.15) is 6.04 Å². The molecular weight excluding hydrogens is 392 g/mol. The topological polar surface area (TPSA) is 44.1 Å². The number of hydrogen-bond donors (Lipinski definition) is 0. The number of carbonyl (C=O) groups is 1. The molecular formula is C29H32N2O. The summed E-state index contributed by atoms with van der Waals surface area (Å²) in [6.45, 7) is 4.24. The Hall–Kier alpha value is -3.38. The predicted octanol–water partition coefficient (Wildman–Crippen LogP) is 7.04. The second-order valence-electron chi connectivity index (χ2n) is 8.64. The SMILES string of the molecule is CC(C)CCC(=O)N(c1cccc(-c2ccccc2)c1)C(C#N)CCCc1ccccc1. The van der Waals surface area contributed by atoms with Crippen molar-refractivity contribution in [3.63, 3.8) is 0 Å². The van der Waals surface area contributed by atoms with Crippen molar-refractivity contribution in [3.05, 3.63) is 90.5 Å². The fourth-order valence-corrected chi connectivity index (χ4v) is 3.89. The fourth-order valence-electron chi connectivity index (χ4n) is 3.89. The Kier molecular flexibility index (Phi) is 8.63. The zero-order chi connectivity index (χ0) is 22.8. The summed E-state index contributed by atoms with van der Waals surface area (Å²) >= 11 is 0. The van der Waals surface area contributed by atoms with Crippen molar-refractivity contribution >= 4 is 11.6 Å². The van der Waals surface area contributed by atoms with Gasteiger partial charge in [0.2, 0.25) is 5.91 Å². The molecule has 3 heteroatoms. The molecule has 3 rings (SSSR count). The molecule has 0 bridgehead atoms. The van der Waals surface area contributed by atoms with Gasteiger partial charge in [-0.05, 0) is 60.4 Å². The van der Waals surface area contributed by atoms with E-state index < -0.39 is 6.04 Å². The van der Waals surface area contributed by atoms with E-state index in [1.165, 1.54) is 5.56 Å². The molecule has 0 N–H and O–H groups in total. The van der Waals surface area contributed by atoms with E-state index in [4.69, 9.17) is 0 Å². The quantitative estimate of drug-likeness (QED) is 0.350. The third-order valence-electron chi connectivity index (χ3n) is 5.68. The van der Waals surface area contributed by atoms with Crippen LogP contribution < -0.4 is 4.90 Å². The fraction of sp³-hybridized carbons (Fsp3) is 0.310. The molecule has 0 aliphatic carbocycles. The maximum absolute atomic E-state index is 13.3. The average Bonchev–Trinajstić information content (AvgIpc) is 2.83. The third kappa shape index (κ3) is 6.56. The Morgan fingerprint density at radius 1 is 0.875 bits per heavy atom. The van der Waals surface area contributed by atoms with Crippen molar-refractivity contribution in [1.29, 1.82) is 5.26 Å². The molecule has 0 fully saturated rings. The number of anilines is 1. The second kappa shape index (κ2) is 11.9. The highest BCUT2D eigenvalue weighted by atomic mass is 16.2. The second-order valence-corrected chi connectivity index (χ2v) is 8.64. The lowest BCUT2D eigenvalue weighted by Crippen LogP contribution is -2.40. The lowest BCUT2D eigenvalue weighted by Gasteiger charge is -2.28. The highest BCUT2D eigenvalue weighted by Gasteiger charge is 2.25. The molecule has 1 atom stereocenters. The molecule has 0 spiro atoms.